The minimum Gasteiger partial charge on any atom is -0.339 e. The largest absolute Gasteiger partial charge is 0.339 e. The highest BCUT2D eigenvalue weighted by molar-refractivity contribution is 6.00. The highest BCUT2D eigenvalue weighted by Gasteiger charge is 2.30. The molecule has 1 saturated heterocycles. The van der Waals surface area contributed by atoms with Crippen LogP contribution in [0.25, 0.3) is 5.69 Å². The van der Waals surface area contributed by atoms with E-state index in [1.54, 1.807) is 11.0 Å². The fourth-order valence-electron chi connectivity index (χ4n) is 4.17. The van der Waals surface area contributed by atoms with E-state index in [2.05, 4.69) is 10.1 Å². The number of benzene rings is 2. The molecule has 1 fully saturated rings. The molecule has 2 heterocycles. The Labute approximate surface area is 184 Å². The SMILES string of the molecule is Cc1ccc(C(=O)C2CCN(C(=O)c3ccc(-n4cncn4)c([N+](=O)[O-])c3)CC2)c(C)c1. The lowest BCUT2D eigenvalue weighted by Crippen LogP contribution is -2.40. The van der Waals surface area contributed by atoms with Crippen LogP contribution in [0.2, 0.25) is 0 Å². The Bertz CT molecular complexity index is 1180. The number of carbonyl (C=O) groups is 2. The monoisotopic (exact) mass is 433 g/mol. The third kappa shape index (κ3) is 4.14. The fraction of sp³-hybridized carbons (Fsp3) is 0.304. The molecule has 1 amide bonds. The van der Waals surface area contributed by atoms with Gasteiger partial charge in [0.1, 0.15) is 18.3 Å². The number of amides is 1. The second kappa shape index (κ2) is 8.70. The van der Waals surface area contributed by atoms with Gasteiger partial charge in [-0.1, -0.05) is 23.8 Å². The molecule has 1 aliphatic rings. The smallest absolute Gasteiger partial charge is 0.295 e. The molecule has 1 aromatic heterocycles. The molecule has 9 nitrogen and oxygen atoms in total. The summed E-state index contributed by atoms with van der Waals surface area (Å²) in [5.74, 6) is -0.303. The van der Waals surface area contributed by atoms with Crippen LogP contribution in [0.1, 0.15) is 44.7 Å². The van der Waals surface area contributed by atoms with Gasteiger partial charge in [0, 0.05) is 36.2 Å². The zero-order valence-electron chi connectivity index (χ0n) is 17.9. The number of aryl methyl sites for hydroxylation is 2. The van der Waals surface area contributed by atoms with Crippen LogP contribution in [-0.2, 0) is 0 Å². The Morgan fingerprint density at radius 1 is 1.09 bits per heavy atom. The number of ketones is 1. The van der Waals surface area contributed by atoms with Crippen LogP contribution in [0.5, 0.6) is 0 Å². The molecule has 4 rings (SSSR count). The number of rotatable bonds is 5. The van der Waals surface area contributed by atoms with Crippen LogP contribution in [0, 0.1) is 29.9 Å². The quantitative estimate of drug-likeness (QED) is 0.346. The van der Waals surface area contributed by atoms with Crippen molar-refractivity contribution in [2.75, 3.05) is 13.1 Å². The molecular weight excluding hydrogens is 410 g/mol. The van der Waals surface area contributed by atoms with E-state index >= 15 is 0 Å². The molecule has 0 aliphatic carbocycles. The molecule has 0 N–H and O–H groups in total. The van der Waals surface area contributed by atoms with Crippen molar-refractivity contribution in [3.05, 3.63) is 81.4 Å². The minimum atomic E-state index is -0.539. The number of aromatic nitrogens is 3. The van der Waals surface area contributed by atoms with Gasteiger partial charge >= 0.3 is 0 Å². The van der Waals surface area contributed by atoms with Crippen molar-refractivity contribution >= 4 is 17.4 Å². The van der Waals surface area contributed by atoms with Gasteiger partial charge in [0.2, 0.25) is 0 Å². The van der Waals surface area contributed by atoms with Crippen molar-refractivity contribution in [2.45, 2.75) is 26.7 Å². The van der Waals surface area contributed by atoms with Gasteiger partial charge in [0.05, 0.1) is 4.92 Å². The lowest BCUT2D eigenvalue weighted by molar-refractivity contribution is -0.384. The summed E-state index contributed by atoms with van der Waals surface area (Å²) in [6.45, 7) is 4.79. The van der Waals surface area contributed by atoms with Gasteiger partial charge in [-0.3, -0.25) is 19.7 Å². The molecule has 3 aromatic rings. The van der Waals surface area contributed by atoms with E-state index in [0.717, 1.165) is 16.7 Å². The summed E-state index contributed by atoms with van der Waals surface area (Å²) < 4.78 is 1.29. The number of nitro benzene ring substituents is 1. The third-order valence-electron chi connectivity index (χ3n) is 5.88. The van der Waals surface area contributed by atoms with Crippen LogP contribution >= 0.6 is 0 Å². The van der Waals surface area contributed by atoms with Gasteiger partial charge in [-0.15, -0.1) is 0 Å². The number of Topliss-reactive ketones (excluding diaryl/α,β-unsaturated/α-hetero) is 1. The average Bonchev–Trinajstić information content (AvgIpc) is 3.33. The Morgan fingerprint density at radius 2 is 1.84 bits per heavy atom. The summed E-state index contributed by atoms with van der Waals surface area (Å²) in [7, 11) is 0. The minimum absolute atomic E-state index is 0.113. The van der Waals surface area contributed by atoms with Gasteiger partial charge in [0.15, 0.2) is 5.78 Å². The topological polar surface area (TPSA) is 111 Å². The molecule has 0 atom stereocenters. The van der Waals surface area contributed by atoms with Crippen molar-refractivity contribution < 1.29 is 14.5 Å². The number of hydrogen-bond donors (Lipinski definition) is 0. The molecule has 0 bridgehead atoms. The molecular formula is C23H23N5O4. The number of hydrogen-bond acceptors (Lipinski definition) is 6. The average molecular weight is 433 g/mol. The van der Waals surface area contributed by atoms with Crippen LogP contribution in [0.4, 0.5) is 5.69 Å². The Hall–Kier alpha value is -3.88. The molecule has 0 spiro atoms. The van der Waals surface area contributed by atoms with Crippen molar-refractivity contribution in [1.29, 1.82) is 0 Å². The van der Waals surface area contributed by atoms with E-state index in [1.807, 2.05) is 32.0 Å². The maximum Gasteiger partial charge on any atom is 0.295 e. The molecule has 1 aliphatic heterocycles. The first-order valence-corrected chi connectivity index (χ1v) is 10.4. The first-order valence-electron chi connectivity index (χ1n) is 10.4. The predicted octanol–water partition coefficient (Wildman–Crippen LogP) is 3.53. The number of likely N-dealkylation sites (tertiary alicyclic amines) is 1. The predicted molar refractivity (Wildman–Crippen MR) is 117 cm³/mol. The molecule has 2 aromatic carbocycles. The summed E-state index contributed by atoms with van der Waals surface area (Å²) >= 11 is 0. The summed E-state index contributed by atoms with van der Waals surface area (Å²) in [5.41, 5.74) is 3.07. The Morgan fingerprint density at radius 3 is 2.47 bits per heavy atom. The maximum absolute atomic E-state index is 13.0. The van der Waals surface area contributed by atoms with Gasteiger partial charge < -0.3 is 4.90 Å². The molecule has 9 heteroatoms. The van der Waals surface area contributed by atoms with Gasteiger partial charge in [0.25, 0.3) is 11.6 Å². The van der Waals surface area contributed by atoms with Crippen LogP contribution in [0.3, 0.4) is 0 Å². The zero-order chi connectivity index (χ0) is 22.8. The van der Waals surface area contributed by atoms with E-state index < -0.39 is 4.92 Å². The lowest BCUT2D eigenvalue weighted by Gasteiger charge is -2.31. The first-order chi connectivity index (χ1) is 15.3. The first kappa shape index (κ1) is 21.4. The summed E-state index contributed by atoms with van der Waals surface area (Å²) in [5, 5.41) is 15.5. The summed E-state index contributed by atoms with van der Waals surface area (Å²) in [4.78, 5) is 42.4. The van der Waals surface area contributed by atoms with Crippen molar-refractivity contribution in [2.24, 2.45) is 5.92 Å². The molecule has 0 unspecified atom stereocenters. The summed E-state index contributed by atoms with van der Waals surface area (Å²) in [6.07, 6.45) is 3.78. The van der Waals surface area contributed by atoms with Crippen molar-refractivity contribution in [3.8, 4) is 5.69 Å². The standard InChI is InChI=1S/C23H23N5O4/c1-15-3-5-19(16(2)11-15)22(29)17-7-9-26(10-8-17)23(30)18-4-6-20(21(12-18)28(31)32)27-14-24-13-25-27/h3-6,11-14,17H,7-10H2,1-2H3. The van der Waals surface area contributed by atoms with Crippen LogP contribution in [0.15, 0.2) is 49.1 Å². The Kier molecular flexibility index (Phi) is 5.81. The summed E-state index contributed by atoms with van der Waals surface area (Å²) in [6, 6.07) is 10.1. The second-order valence-corrected chi connectivity index (χ2v) is 8.05. The number of nitrogens with zero attached hydrogens (tertiary/aromatic N) is 5. The van der Waals surface area contributed by atoms with Gasteiger partial charge in [-0.05, 0) is 44.4 Å². The van der Waals surface area contributed by atoms with E-state index in [4.69, 9.17) is 0 Å². The van der Waals surface area contributed by atoms with E-state index in [1.165, 1.54) is 29.5 Å². The third-order valence-corrected chi connectivity index (χ3v) is 5.88. The van der Waals surface area contributed by atoms with Crippen LogP contribution in [-0.4, -0.2) is 49.4 Å². The fourth-order valence-corrected chi connectivity index (χ4v) is 4.17. The van der Waals surface area contributed by atoms with E-state index in [0.29, 0.717) is 25.9 Å². The number of carbonyl (C=O) groups excluding carboxylic acids is 2. The lowest BCUT2D eigenvalue weighted by atomic mass is 9.87. The molecule has 0 radical (unpaired) electrons. The highest BCUT2D eigenvalue weighted by Crippen LogP contribution is 2.27. The van der Waals surface area contributed by atoms with Crippen LogP contribution < -0.4 is 0 Å². The Balaban J connectivity index is 1.47. The zero-order valence-corrected chi connectivity index (χ0v) is 17.9. The van der Waals surface area contributed by atoms with Crippen molar-refractivity contribution in [1.82, 2.24) is 19.7 Å². The van der Waals surface area contributed by atoms with Gasteiger partial charge in [-0.2, -0.15) is 5.10 Å². The van der Waals surface area contributed by atoms with E-state index in [9.17, 15) is 19.7 Å². The van der Waals surface area contributed by atoms with E-state index in [-0.39, 0.29) is 34.5 Å². The molecule has 32 heavy (non-hydrogen) atoms. The van der Waals surface area contributed by atoms with Crippen molar-refractivity contribution in [3.63, 3.8) is 0 Å². The van der Waals surface area contributed by atoms with Gasteiger partial charge in [-0.25, -0.2) is 9.67 Å². The molecule has 164 valence electrons. The number of piperidine rings is 1. The molecule has 0 saturated carbocycles. The maximum atomic E-state index is 13.0. The highest BCUT2D eigenvalue weighted by atomic mass is 16.6. The normalized spacial score (nSPS) is 14.4. The number of nitro groups is 1. The second-order valence-electron chi connectivity index (χ2n) is 8.05.